The summed E-state index contributed by atoms with van der Waals surface area (Å²) in [5.41, 5.74) is 1.37. The van der Waals surface area contributed by atoms with Gasteiger partial charge in [-0.3, -0.25) is 9.89 Å². The summed E-state index contributed by atoms with van der Waals surface area (Å²) >= 11 is 0. The van der Waals surface area contributed by atoms with Gasteiger partial charge in [-0.1, -0.05) is 37.3 Å². The molecule has 1 fully saturated rings. The Labute approximate surface area is 176 Å². The summed E-state index contributed by atoms with van der Waals surface area (Å²) in [6.07, 6.45) is 2.56. The second-order valence-electron chi connectivity index (χ2n) is 6.72. The van der Waals surface area contributed by atoms with Crippen molar-refractivity contribution in [2.24, 2.45) is 10.9 Å². The van der Waals surface area contributed by atoms with Crippen LogP contribution in [0.5, 0.6) is 0 Å². The zero-order valence-electron chi connectivity index (χ0n) is 16.4. The van der Waals surface area contributed by atoms with Crippen LogP contribution in [0.2, 0.25) is 0 Å². The molecule has 0 aliphatic carbocycles. The Morgan fingerprint density at radius 3 is 2.54 bits per heavy atom. The van der Waals surface area contributed by atoms with Gasteiger partial charge in [0.15, 0.2) is 5.96 Å². The Balaban J connectivity index is 0.00000338. The average molecular weight is 474 g/mol. The normalized spacial score (nSPS) is 17.4. The highest BCUT2D eigenvalue weighted by atomic mass is 127. The minimum atomic E-state index is 0. The Hall–Kier alpha value is -0.860. The number of nitrogens with zero attached hydrogens (tertiary/aromatic N) is 2. The van der Waals surface area contributed by atoms with Crippen LogP contribution in [0.3, 0.4) is 0 Å². The van der Waals surface area contributed by atoms with Crippen molar-refractivity contribution in [1.82, 2.24) is 15.5 Å². The molecule has 148 valence electrons. The maximum Gasteiger partial charge on any atom is 0.191 e. The molecule has 0 aromatic heterocycles. The SMILES string of the molecule is CCOCCNC(=NC)NCC(c1ccccc1)N1CCC(C)CC1.I. The first kappa shape index (κ1) is 23.2. The standard InChI is InChI=1S/C20H34N4O.HI/c1-4-25-15-12-22-20(21-3)23-16-19(18-8-6-5-7-9-18)24-13-10-17(2)11-14-24;/h5-9,17,19H,4,10-16H2,1-3H3,(H2,21,22,23);1H. The lowest BCUT2D eigenvalue weighted by Gasteiger charge is -2.37. The van der Waals surface area contributed by atoms with Gasteiger partial charge < -0.3 is 15.4 Å². The van der Waals surface area contributed by atoms with Crippen molar-refractivity contribution >= 4 is 29.9 Å². The second kappa shape index (κ2) is 13.3. The molecular weight excluding hydrogens is 439 g/mol. The topological polar surface area (TPSA) is 48.9 Å². The van der Waals surface area contributed by atoms with E-state index in [9.17, 15) is 0 Å². The van der Waals surface area contributed by atoms with Crippen LogP contribution in [-0.4, -0.2) is 57.3 Å². The Morgan fingerprint density at radius 1 is 1.23 bits per heavy atom. The quantitative estimate of drug-likeness (QED) is 0.263. The number of likely N-dealkylation sites (tertiary alicyclic amines) is 1. The smallest absolute Gasteiger partial charge is 0.191 e. The summed E-state index contributed by atoms with van der Waals surface area (Å²) in [5, 5.41) is 6.81. The summed E-state index contributed by atoms with van der Waals surface area (Å²) < 4.78 is 5.38. The molecule has 1 atom stereocenters. The van der Waals surface area contributed by atoms with Crippen LogP contribution < -0.4 is 10.6 Å². The number of hydrogen-bond acceptors (Lipinski definition) is 3. The average Bonchev–Trinajstić information content (AvgIpc) is 2.66. The van der Waals surface area contributed by atoms with Crippen molar-refractivity contribution in [2.45, 2.75) is 32.7 Å². The number of halogens is 1. The van der Waals surface area contributed by atoms with Crippen LogP contribution in [0.1, 0.15) is 38.3 Å². The Morgan fingerprint density at radius 2 is 1.92 bits per heavy atom. The van der Waals surface area contributed by atoms with Crippen LogP contribution in [0.4, 0.5) is 0 Å². The summed E-state index contributed by atoms with van der Waals surface area (Å²) in [6.45, 7) is 9.77. The van der Waals surface area contributed by atoms with Gasteiger partial charge in [-0.15, -0.1) is 24.0 Å². The van der Waals surface area contributed by atoms with E-state index >= 15 is 0 Å². The minimum Gasteiger partial charge on any atom is -0.380 e. The number of piperidine rings is 1. The molecule has 1 aliphatic rings. The molecule has 5 nitrogen and oxygen atoms in total. The van der Waals surface area contributed by atoms with Gasteiger partial charge in [-0.25, -0.2) is 0 Å². The van der Waals surface area contributed by atoms with Gasteiger partial charge in [0.2, 0.25) is 0 Å². The molecule has 6 heteroatoms. The van der Waals surface area contributed by atoms with E-state index in [0.717, 1.165) is 31.6 Å². The monoisotopic (exact) mass is 474 g/mol. The molecule has 0 amide bonds. The lowest BCUT2D eigenvalue weighted by atomic mass is 9.95. The summed E-state index contributed by atoms with van der Waals surface area (Å²) in [5.74, 6) is 1.68. The van der Waals surface area contributed by atoms with Gasteiger partial charge in [0, 0.05) is 26.7 Å². The van der Waals surface area contributed by atoms with Crippen LogP contribution in [0.15, 0.2) is 35.3 Å². The fourth-order valence-electron chi connectivity index (χ4n) is 3.27. The molecule has 0 radical (unpaired) electrons. The molecule has 0 spiro atoms. The highest BCUT2D eigenvalue weighted by Crippen LogP contribution is 2.26. The van der Waals surface area contributed by atoms with Crippen molar-refractivity contribution in [1.29, 1.82) is 0 Å². The molecule has 2 rings (SSSR count). The van der Waals surface area contributed by atoms with Crippen molar-refractivity contribution in [3.8, 4) is 0 Å². The maximum absolute atomic E-state index is 5.38. The zero-order valence-corrected chi connectivity index (χ0v) is 18.7. The minimum absolute atomic E-state index is 0. The van der Waals surface area contributed by atoms with E-state index < -0.39 is 0 Å². The van der Waals surface area contributed by atoms with E-state index in [1.165, 1.54) is 31.5 Å². The molecule has 2 N–H and O–H groups in total. The first-order valence-electron chi connectivity index (χ1n) is 9.55. The fourth-order valence-corrected chi connectivity index (χ4v) is 3.27. The highest BCUT2D eigenvalue weighted by Gasteiger charge is 2.24. The second-order valence-corrected chi connectivity index (χ2v) is 6.72. The van der Waals surface area contributed by atoms with Crippen LogP contribution in [0.25, 0.3) is 0 Å². The van der Waals surface area contributed by atoms with Crippen LogP contribution in [0, 0.1) is 5.92 Å². The third kappa shape index (κ3) is 7.80. The molecule has 0 bridgehead atoms. The molecule has 1 unspecified atom stereocenters. The maximum atomic E-state index is 5.38. The molecular formula is C20H35IN4O. The molecule has 1 heterocycles. The Bertz CT molecular complexity index is 504. The first-order valence-corrected chi connectivity index (χ1v) is 9.55. The zero-order chi connectivity index (χ0) is 17.9. The first-order chi connectivity index (χ1) is 12.2. The molecule has 1 aromatic carbocycles. The van der Waals surface area contributed by atoms with Gasteiger partial charge in [0.05, 0.1) is 12.6 Å². The van der Waals surface area contributed by atoms with Crippen LogP contribution >= 0.6 is 24.0 Å². The molecule has 1 aromatic rings. The van der Waals surface area contributed by atoms with Gasteiger partial charge in [-0.05, 0) is 44.3 Å². The van der Waals surface area contributed by atoms with Gasteiger partial charge >= 0.3 is 0 Å². The van der Waals surface area contributed by atoms with Gasteiger partial charge in [-0.2, -0.15) is 0 Å². The van der Waals surface area contributed by atoms with Crippen molar-refractivity contribution in [2.75, 3.05) is 46.4 Å². The van der Waals surface area contributed by atoms with Crippen LogP contribution in [-0.2, 0) is 4.74 Å². The van der Waals surface area contributed by atoms with Crippen molar-refractivity contribution in [3.63, 3.8) is 0 Å². The van der Waals surface area contributed by atoms with Crippen molar-refractivity contribution < 1.29 is 4.74 Å². The summed E-state index contributed by atoms with van der Waals surface area (Å²) in [4.78, 5) is 6.94. The highest BCUT2D eigenvalue weighted by molar-refractivity contribution is 14.0. The van der Waals surface area contributed by atoms with E-state index in [0.29, 0.717) is 12.6 Å². The third-order valence-electron chi connectivity index (χ3n) is 4.87. The van der Waals surface area contributed by atoms with E-state index in [2.05, 4.69) is 57.8 Å². The number of ether oxygens (including phenoxy) is 1. The summed E-state index contributed by atoms with van der Waals surface area (Å²) in [7, 11) is 1.82. The molecule has 26 heavy (non-hydrogen) atoms. The number of guanidine groups is 1. The van der Waals surface area contributed by atoms with Gasteiger partial charge in [0.1, 0.15) is 0 Å². The predicted octanol–water partition coefficient (Wildman–Crippen LogP) is 3.28. The number of rotatable bonds is 8. The number of hydrogen-bond donors (Lipinski definition) is 2. The molecule has 1 saturated heterocycles. The lowest BCUT2D eigenvalue weighted by molar-refractivity contribution is 0.138. The largest absolute Gasteiger partial charge is 0.380 e. The van der Waals surface area contributed by atoms with Gasteiger partial charge in [0.25, 0.3) is 0 Å². The van der Waals surface area contributed by atoms with E-state index in [-0.39, 0.29) is 24.0 Å². The summed E-state index contributed by atoms with van der Waals surface area (Å²) in [6, 6.07) is 11.2. The fraction of sp³-hybridized carbons (Fsp3) is 0.650. The predicted molar refractivity (Wildman–Crippen MR) is 120 cm³/mol. The Kier molecular flexibility index (Phi) is 11.9. The van der Waals surface area contributed by atoms with E-state index in [1.54, 1.807) is 0 Å². The third-order valence-corrected chi connectivity index (χ3v) is 4.87. The number of nitrogens with one attached hydrogen (secondary N) is 2. The molecule has 1 aliphatic heterocycles. The van der Waals surface area contributed by atoms with Crippen molar-refractivity contribution in [3.05, 3.63) is 35.9 Å². The molecule has 0 saturated carbocycles. The van der Waals surface area contributed by atoms with E-state index in [1.807, 2.05) is 14.0 Å². The number of aliphatic imine (C=N–C) groups is 1. The number of benzene rings is 1. The van der Waals surface area contributed by atoms with E-state index in [4.69, 9.17) is 4.74 Å². The lowest BCUT2D eigenvalue weighted by Crippen LogP contribution is -2.45.